The number of halogens is 2. The van der Waals surface area contributed by atoms with E-state index >= 15 is 0 Å². The molecule has 1 atom stereocenters. The van der Waals surface area contributed by atoms with Crippen molar-refractivity contribution in [2.45, 2.75) is 45.2 Å². The van der Waals surface area contributed by atoms with E-state index in [1.54, 1.807) is 6.07 Å². The van der Waals surface area contributed by atoms with Crippen LogP contribution in [0, 0.1) is 5.82 Å². The van der Waals surface area contributed by atoms with Crippen molar-refractivity contribution in [1.29, 1.82) is 0 Å². The normalized spacial score (nSPS) is 13.8. The number of alkyl halides is 1. The van der Waals surface area contributed by atoms with Gasteiger partial charge in [-0.1, -0.05) is 32.9 Å². The van der Waals surface area contributed by atoms with Crippen LogP contribution >= 0.6 is 0 Å². The Morgan fingerprint density at radius 2 is 1.94 bits per heavy atom. The summed E-state index contributed by atoms with van der Waals surface area (Å²) in [5, 5.41) is 0. The van der Waals surface area contributed by atoms with Gasteiger partial charge in [0, 0.05) is 6.54 Å². The maximum absolute atomic E-state index is 13.6. The van der Waals surface area contributed by atoms with Crippen LogP contribution in [0.3, 0.4) is 0 Å². The molecule has 96 valence electrons. The summed E-state index contributed by atoms with van der Waals surface area (Å²) in [6, 6.07) is 5.01. The van der Waals surface area contributed by atoms with Crippen LogP contribution in [0.1, 0.15) is 38.3 Å². The Bertz CT molecular complexity index is 369. The van der Waals surface area contributed by atoms with Crippen LogP contribution in [-0.2, 0) is 11.8 Å². The molecule has 0 aliphatic heterocycles. The van der Waals surface area contributed by atoms with E-state index in [1.807, 2.05) is 26.8 Å². The van der Waals surface area contributed by atoms with Crippen molar-refractivity contribution in [2.24, 2.45) is 5.73 Å². The Hall–Kier alpha value is -0.960. The molecule has 1 aromatic rings. The molecule has 0 fully saturated rings. The van der Waals surface area contributed by atoms with Gasteiger partial charge >= 0.3 is 0 Å². The van der Waals surface area contributed by atoms with Gasteiger partial charge in [0.1, 0.15) is 12.0 Å². The van der Waals surface area contributed by atoms with Crippen LogP contribution in [0.5, 0.6) is 0 Å². The lowest BCUT2D eigenvalue weighted by molar-refractivity contribution is 0.322. The zero-order valence-electron chi connectivity index (χ0n) is 10.8. The molecular weight excluding hydrogens is 220 g/mol. The highest BCUT2D eigenvalue weighted by Gasteiger charge is 2.18. The highest BCUT2D eigenvalue weighted by molar-refractivity contribution is 5.30. The van der Waals surface area contributed by atoms with Crippen molar-refractivity contribution < 1.29 is 8.78 Å². The summed E-state index contributed by atoms with van der Waals surface area (Å²) in [7, 11) is 0. The Morgan fingerprint density at radius 3 is 2.47 bits per heavy atom. The maximum Gasteiger partial charge on any atom is 0.126 e. The highest BCUT2D eigenvalue weighted by atomic mass is 19.1. The molecule has 0 unspecified atom stereocenters. The predicted molar refractivity (Wildman–Crippen MR) is 67.4 cm³/mol. The van der Waals surface area contributed by atoms with Gasteiger partial charge in [-0.25, -0.2) is 8.78 Å². The SMILES string of the molecule is CC(C)(C)c1cc(CC[C@H](F)CN)ccc1F. The second-order valence-corrected chi connectivity index (χ2v) is 5.44. The lowest BCUT2D eigenvalue weighted by atomic mass is 9.85. The van der Waals surface area contributed by atoms with Gasteiger partial charge in [-0.05, 0) is 35.4 Å². The first kappa shape index (κ1) is 14.1. The number of benzene rings is 1. The fourth-order valence-electron chi connectivity index (χ4n) is 1.74. The molecule has 0 radical (unpaired) electrons. The van der Waals surface area contributed by atoms with Crippen LogP contribution in [0.25, 0.3) is 0 Å². The number of hydrogen-bond acceptors (Lipinski definition) is 1. The average Bonchev–Trinajstić information content (AvgIpc) is 2.26. The highest BCUT2D eigenvalue weighted by Crippen LogP contribution is 2.26. The van der Waals surface area contributed by atoms with E-state index in [9.17, 15) is 8.78 Å². The van der Waals surface area contributed by atoms with Crippen molar-refractivity contribution in [2.75, 3.05) is 6.54 Å². The van der Waals surface area contributed by atoms with Crippen LogP contribution in [0.15, 0.2) is 18.2 Å². The van der Waals surface area contributed by atoms with E-state index in [2.05, 4.69) is 0 Å². The molecule has 0 bridgehead atoms. The molecule has 1 aromatic carbocycles. The summed E-state index contributed by atoms with van der Waals surface area (Å²) >= 11 is 0. The van der Waals surface area contributed by atoms with Gasteiger partial charge in [-0.15, -0.1) is 0 Å². The predicted octanol–water partition coefficient (Wildman–Crippen LogP) is 3.35. The quantitative estimate of drug-likeness (QED) is 0.859. The lowest BCUT2D eigenvalue weighted by Crippen LogP contribution is -2.16. The third kappa shape index (κ3) is 4.08. The second kappa shape index (κ2) is 5.58. The molecule has 0 saturated heterocycles. The first-order valence-electron chi connectivity index (χ1n) is 5.97. The van der Waals surface area contributed by atoms with Crippen molar-refractivity contribution in [3.8, 4) is 0 Å². The standard InChI is InChI=1S/C14H21F2N/c1-14(2,3)12-8-10(5-7-13(12)16)4-6-11(15)9-17/h5,7-8,11H,4,6,9,17H2,1-3H3/t11-/m0/s1. The summed E-state index contributed by atoms with van der Waals surface area (Å²) in [5.74, 6) is -0.197. The fraction of sp³-hybridized carbons (Fsp3) is 0.571. The zero-order chi connectivity index (χ0) is 13.1. The van der Waals surface area contributed by atoms with Gasteiger partial charge in [-0.2, -0.15) is 0 Å². The summed E-state index contributed by atoms with van der Waals surface area (Å²) in [6.45, 7) is 5.94. The number of hydrogen-bond donors (Lipinski definition) is 1. The summed E-state index contributed by atoms with van der Waals surface area (Å²) in [6.07, 6.45) is 0.0195. The second-order valence-electron chi connectivity index (χ2n) is 5.44. The largest absolute Gasteiger partial charge is 0.328 e. The third-order valence-corrected chi connectivity index (χ3v) is 2.84. The van der Waals surface area contributed by atoms with E-state index in [4.69, 9.17) is 5.73 Å². The average molecular weight is 241 g/mol. The van der Waals surface area contributed by atoms with Gasteiger partial charge in [0.15, 0.2) is 0 Å². The van der Waals surface area contributed by atoms with Gasteiger partial charge in [0.2, 0.25) is 0 Å². The van der Waals surface area contributed by atoms with E-state index in [0.29, 0.717) is 18.4 Å². The van der Waals surface area contributed by atoms with Crippen molar-refractivity contribution >= 4 is 0 Å². The van der Waals surface area contributed by atoms with Gasteiger partial charge in [0.25, 0.3) is 0 Å². The van der Waals surface area contributed by atoms with Crippen LogP contribution in [0.2, 0.25) is 0 Å². The van der Waals surface area contributed by atoms with E-state index in [-0.39, 0.29) is 17.8 Å². The topological polar surface area (TPSA) is 26.0 Å². The first-order valence-corrected chi connectivity index (χ1v) is 5.97. The van der Waals surface area contributed by atoms with Gasteiger partial charge < -0.3 is 5.73 Å². The maximum atomic E-state index is 13.6. The summed E-state index contributed by atoms with van der Waals surface area (Å²) in [5.41, 5.74) is 6.64. The number of rotatable bonds is 4. The molecule has 0 amide bonds. The Labute approximate surface area is 102 Å². The van der Waals surface area contributed by atoms with Crippen LogP contribution < -0.4 is 5.73 Å². The van der Waals surface area contributed by atoms with Crippen molar-refractivity contribution in [3.05, 3.63) is 35.1 Å². The smallest absolute Gasteiger partial charge is 0.126 e. The molecule has 0 spiro atoms. The molecule has 0 aromatic heterocycles. The van der Waals surface area contributed by atoms with Crippen molar-refractivity contribution in [3.63, 3.8) is 0 Å². The number of nitrogens with two attached hydrogens (primary N) is 1. The Balaban J connectivity index is 2.82. The molecular formula is C14H21F2N. The summed E-state index contributed by atoms with van der Waals surface area (Å²) in [4.78, 5) is 0. The molecule has 0 aliphatic carbocycles. The minimum Gasteiger partial charge on any atom is -0.328 e. The first-order chi connectivity index (χ1) is 7.84. The Kier molecular flexibility index (Phi) is 4.63. The lowest BCUT2D eigenvalue weighted by Gasteiger charge is -2.20. The number of aryl methyl sites for hydroxylation is 1. The molecule has 3 heteroatoms. The van der Waals surface area contributed by atoms with E-state index in [0.717, 1.165) is 5.56 Å². The van der Waals surface area contributed by atoms with Gasteiger partial charge in [0.05, 0.1) is 0 Å². The van der Waals surface area contributed by atoms with E-state index < -0.39 is 6.17 Å². The molecule has 2 N–H and O–H groups in total. The minimum absolute atomic E-state index is 0.0489. The summed E-state index contributed by atoms with van der Waals surface area (Å²) < 4.78 is 26.7. The molecule has 1 nitrogen and oxygen atoms in total. The monoisotopic (exact) mass is 241 g/mol. The third-order valence-electron chi connectivity index (χ3n) is 2.84. The minimum atomic E-state index is -0.974. The van der Waals surface area contributed by atoms with Crippen LogP contribution in [-0.4, -0.2) is 12.7 Å². The zero-order valence-corrected chi connectivity index (χ0v) is 10.8. The molecule has 0 saturated carbocycles. The molecule has 0 aliphatic rings. The van der Waals surface area contributed by atoms with Crippen molar-refractivity contribution in [1.82, 2.24) is 0 Å². The molecule has 0 heterocycles. The molecule has 1 rings (SSSR count). The van der Waals surface area contributed by atoms with Gasteiger partial charge in [-0.3, -0.25) is 0 Å². The van der Waals surface area contributed by atoms with Crippen LogP contribution in [0.4, 0.5) is 8.78 Å². The Morgan fingerprint density at radius 1 is 1.29 bits per heavy atom. The molecule has 17 heavy (non-hydrogen) atoms. The fourth-order valence-corrected chi connectivity index (χ4v) is 1.74. The van der Waals surface area contributed by atoms with E-state index in [1.165, 1.54) is 6.07 Å².